The zero-order chi connectivity index (χ0) is 14.7. The van der Waals surface area contributed by atoms with E-state index in [0.29, 0.717) is 17.8 Å². The van der Waals surface area contributed by atoms with Crippen LogP contribution in [0.5, 0.6) is 5.75 Å². The van der Waals surface area contributed by atoms with Crippen LogP contribution in [0, 0.1) is 6.92 Å². The van der Waals surface area contributed by atoms with E-state index in [4.69, 9.17) is 0 Å². The van der Waals surface area contributed by atoms with E-state index in [0.717, 1.165) is 10.0 Å². The first-order chi connectivity index (χ1) is 9.52. The van der Waals surface area contributed by atoms with Crippen molar-refractivity contribution < 1.29 is 9.90 Å². The molecule has 0 aliphatic heterocycles. The van der Waals surface area contributed by atoms with Gasteiger partial charge in [0.25, 0.3) is 5.91 Å². The fourth-order valence-corrected chi connectivity index (χ4v) is 2.47. The smallest absolute Gasteiger partial charge is 0.259 e. The van der Waals surface area contributed by atoms with Crippen LogP contribution in [0.3, 0.4) is 0 Å². The molecule has 0 heterocycles. The molecule has 0 unspecified atom stereocenters. The highest BCUT2D eigenvalue weighted by atomic mass is 79.9. The van der Waals surface area contributed by atoms with Crippen molar-refractivity contribution in [2.75, 3.05) is 11.4 Å². The average Bonchev–Trinajstić information content (AvgIpc) is 2.42. The number of carbonyl (C=O) groups excluding carboxylic acids is 1. The number of aryl methyl sites for hydroxylation is 1. The molecule has 4 heteroatoms. The highest BCUT2D eigenvalue weighted by molar-refractivity contribution is 9.10. The van der Waals surface area contributed by atoms with Crippen molar-refractivity contribution in [3.63, 3.8) is 0 Å². The highest BCUT2D eigenvalue weighted by Crippen LogP contribution is 2.25. The summed E-state index contributed by atoms with van der Waals surface area (Å²) >= 11 is 3.42. The molecule has 2 rings (SSSR count). The summed E-state index contributed by atoms with van der Waals surface area (Å²) in [5.41, 5.74) is 2.34. The molecule has 0 aromatic heterocycles. The summed E-state index contributed by atoms with van der Waals surface area (Å²) in [7, 11) is 0. The summed E-state index contributed by atoms with van der Waals surface area (Å²) in [5, 5.41) is 9.56. The molecule has 0 radical (unpaired) electrons. The van der Waals surface area contributed by atoms with E-state index < -0.39 is 0 Å². The zero-order valence-electron chi connectivity index (χ0n) is 11.4. The van der Waals surface area contributed by atoms with E-state index in [9.17, 15) is 9.90 Å². The van der Waals surface area contributed by atoms with Gasteiger partial charge in [-0.15, -0.1) is 0 Å². The van der Waals surface area contributed by atoms with Crippen LogP contribution >= 0.6 is 15.9 Å². The Kier molecular flexibility index (Phi) is 4.45. The molecule has 2 aromatic carbocycles. The minimum atomic E-state index is -0.0892. The SMILES string of the molecule is CCN(C(=O)c1cc(C)ccc1Br)c1cccc(O)c1. The normalized spacial score (nSPS) is 10.3. The van der Waals surface area contributed by atoms with Crippen molar-refractivity contribution in [2.45, 2.75) is 13.8 Å². The zero-order valence-corrected chi connectivity index (χ0v) is 13.0. The molecule has 0 fully saturated rings. The van der Waals surface area contributed by atoms with Gasteiger partial charge in [0.1, 0.15) is 5.75 Å². The summed E-state index contributed by atoms with van der Waals surface area (Å²) in [6.45, 7) is 4.39. The molecular formula is C16H16BrNO2. The number of phenolic OH excluding ortho intramolecular Hbond substituents is 1. The average molecular weight is 334 g/mol. The molecule has 0 spiro atoms. The van der Waals surface area contributed by atoms with Crippen molar-refractivity contribution in [3.05, 3.63) is 58.1 Å². The van der Waals surface area contributed by atoms with Gasteiger partial charge in [0, 0.05) is 22.8 Å². The van der Waals surface area contributed by atoms with Gasteiger partial charge in [-0.1, -0.05) is 17.7 Å². The Morgan fingerprint density at radius 3 is 2.65 bits per heavy atom. The second kappa shape index (κ2) is 6.09. The fourth-order valence-electron chi connectivity index (χ4n) is 2.05. The van der Waals surface area contributed by atoms with Crippen LogP contribution in [0.1, 0.15) is 22.8 Å². The quantitative estimate of drug-likeness (QED) is 0.917. The molecule has 20 heavy (non-hydrogen) atoms. The van der Waals surface area contributed by atoms with Crippen LogP contribution < -0.4 is 4.90 Å². The van der Waals surface area contributed by atoms with Gasteiger partial charge in [-0.05, 0) is 54.0 Å². The van der Waals surface area contributed by atoms with Crippen molar-refractivity contribution in [2.24, 2.45) is 0 Å². The van der Waals surface area contributed by atoms with Gasteiger partial charge < -0.3 is 10.0 Å². The maximum atomic E-state index is 12.7. The number of nitrogens with zero attached hydrogens (tertiary/aromatic N) is 1. The Morgan fingerprint density at radius 2 is 2.00 bits per heavy atom. The lowest BCUT2D eigenvalue weighted by molar-refractivity contribution is 0.0987. The number of carbonyl (C=O) groups is 1. The first-order valence-electron chi connectivity index (χ1n) is 6.40. The Hall–Kier alpha value is -1.81. The number of anilines is 1. The van der Waals surface area contributed by atoms with E-state index in [1.165, 1.54) is 0 Å². The molecule has 0 saturated heterocycles. The van der Waals surface area contributed by atoms with Gasteiger partial charge in [0.2, 0.25) is 0 Å². The molecule has 2 aromatic rings. The number of hydrogen-bond acceptors (Lipinski definition) is 2. The van der Waals surface area contributed by atoms with Crippen LogP contribution in [0.25, 0.3) is 0 Å². The topological polar surface area (TPSA) is 40.5 Å². The second-order valence-corrected chi connectivity index (χ2v) is 5.41. The standard InChI is InChI=1S/C16H16BrNO2/c1-3-18(12-5-4-6-13(19)10-12)16(20)14-9-11(2)7-8-15(14)17/h4-10,19H,3H2,1-2H3. The number of hydrogen-bond donors (Lipinski definition) is 1. The third-order valence-corrected chi connectivity index (χ3v) is 3.75. The summed E-state index contributed by atoms with van der Waals surface area (Å²) in [6, 6.07) is 12.4. The Balaban J connectivity index is 2.41. The first-order valence-corrected chi connectivity index (χ1v) is 7.19. The maximum Gasteiger partial charge on any atom is 0.259 e. The molecule has 3 nitrogen and oxygen atoms in total. The molecule has 0 aliphatic rings. The van der Waals surface area contributed by atoms with E-state index in [1.807, 2.05) is 38.1 Å². The molecular weight excluding hydrogens is 318 g/mol. The molecule has 0 saturated carbocycles. The summed E-state index contributed by atoms with van der Waals surface area (Å²) in [4.78, 5) is 14.3. The lowest BCUT2D eigenvalue weighted by atomic mass is 10.1. The van der Waals surface area contributed by atoms with Crippen LogP contribution in [-0.2, 0) is 0 Å². The summed E-state index contributed by atoms with van der Waals surface area (Å²) < 4.78 is 0.770. The van der Waals surface area contributed by atoms with Crippen molar-refractivity contribution in [1.82, 2.24) is 0 Å². The third kappa shape index (κ3) is 3.02. The third-order valence-electron chi connectivity index (χ3n) is 3.06. The molecule has 104 valence electrons. The van der Waals surface area contributed by atoms with Crippen molar-refractivity contribution in [1.29, 1.82) is 0 Å². The Bertz CT molecular complexity index is 640. The van der Waals surface area contributed by atoms with E-state index in [1.54, 1.807) is 23.1 Å². The van der Waals surface area contributed by atoms with Gasteiger partial charge >= 0.3 is 0 Å². The van der Waals surface area contributed by atoms with Gasteiger partial charge in [-0.3, -0.25) is 4.79 Å². The molecule has 0 aliphatic carbocycles. The van der Waals surface area contributed by atoms with Gasteiger partial charge in [-0.2, -0.15) is 0 Å². The van der Waals surface area contributed by atoms with Crippen LogP contribution in [0.4, 0.5) is 5.69 Å². The fraction of sp³-hybridized carbons (Fsp3) is 0.188. The lowest BCUT2D eigenvalue weighted by Gasteiger charge is -2.22. The van der Waals surface area contributed by atoms with Crippen LogP contribution in [0.2, 0.25) is 0 Å². The van der Waals surface area contributed by atoms with Gasteiger partial charge in [-0.25, -0.2) is 0 Å². The monoisotopic (exact) mass is 333 g/mol. The minimum Gasteiger partial charge on any atom is -0.508 e. The minimum absolute atomic E-state index is 0.0892. The van der Waals surface area contributed by atoms with Crippen LogP contribution in [-0.4, -0.2) is 17.6 Å². The van der Waals surface area contributed by atoms with E-state index >= 15 is 0 Å². The van der Waals surface area contributed by atoms with Gasteiger partial charge in [0.15, 0.2) is 0 Å². The van der Waals surface area contributed by atoms with Gasteiger partial charge in [0.05, 0.1) is 5.56 Å². The summed E-state index contributed by atoms with van der Waals surface area (Å²) in [6.07, 6.45) is 0. The summed E-state index contributed by atoms with van der Waals surface area (Å²) in [5.74, 6) is 0.0609. The van der Waals surface area contributed by atoms with Crippen molar-refractivity contribution >= 4 is 27.5 Å². The van der Waals surface area contributed by atoms with E-state index in [-0.39, 0.29) is 11.7 Å². The number of aromatic hydroxyl groups is 1. The number of phenols is 1. The Labute approximate surface area is 127 Å². The number of halogens is 1. The Morgan fingerprint density at radius 1 is 1.25 bits per heavy atom. The maximum absolute atomic E-state index is 12.7. The predicted octanol–water partition coefficient (Wildman–Crippen LogP) is 4.13. The highest BCUT2D eigenvalue weighted by Gasteiger charge is 2.18. The van der Waals surface area contributed by atoms with Crippen molar-refractivity contribution in [3.8, 4) is 5.75 Å². The number of benzene rings is 2. The molecule has 1 N–H and O–H groups in total. The molecule has 0 atom stereocenters. The number of rotatable bonds is 3. The van der Waals surface area contributed by atoms with E-state index in [2.05, 4.69) is 15.9 Å². The number of amides is 1. The first kappa shape index (κ1) is 14.6. The molecule has 1 amide bonds. The van der Waals surface area contributed by atoms with Crippen LogP contribution in [0.15, 0.2) is 46.9 Å². The second-order valence-electron chi connectivity index (χ2n) is 4.55. The molecule has 0 bridgehead atoms. The largest absolute Gasteiger partial charge is 0.508 e. The predicted molar refractivity (Wildman–Crippen MR) is 84.3 cm³/mol. The lowest BCUT2D eigenvalue weighted by Crippen LogP contribution is -2.30.